The quantitative estimate of drug-likeness (QED) is 0.742. The fourth-order valence-corrected chi connectivity index (χ4v) is 3.50. The molecule has 1 fully saturated rings. The van der Waals surface area contributed by atoms with Gasteiger partial charge in [-0.15, -0.1) is 0 Å². The summed E-state index contributed by atoms with van der Waals surface area (Å²) in [5.41, 5.74) is 1.10. The zero-order valence-electron chi connectivity index (χ0n) is 15.1. The number of carbonyl (C=O) groups excluding carboxylic acids is 1. The van der Waals surface area contributed by atoms with Gasteiger partial charge in [-0.1, -0.05) is 42.5 Å². The second kappa shape index (κ2) is 8.34. The number of nitrogens with one attached hydrogen (secondary N) is 2. The van der Waals surface area contributed by atoms with Crippen LogP contribution in [0.4, 0.5) is 0 Å². The standard InChI is InChI=1S/C21H26N2O3/c1-2-26-18-10-8-16(9-11-18)14-20(25)23-21(12-13-22-15-19(21)24)17-6-4-3-5-7-17/h3-11,19,22,24H,2,12-15H2,1H3,(H,23,25)/t19-,21+/m1/s1. The number of β-amino-alcohol motifs (C(OH)–C–C–N with tert-alkyl or cyclic N) is 1. The van der Waals surface area contributed by atoms with Crippen molar-refractivity contribution in [1.82, 2.24) is 10.6 Å². The van der Waals surface area contributed by atoms with Crippen molar-refractivity contribution in [2.75, 3.05) is 19.7 Å². The maximum Gasteiger partial charge on any atom is 0.225 e. The smallest absolute Gasteiger partial charge is 0.225 e. The molecule has 0 aromatic heterocycles. The third-order valence-corrected chi connectivity index (χ3v) is 4.85. The van der Waals surface area contributed by atoms with Crippen LogP contribution < -0.4 is 15.4 Å². The molecule has 0 aliphatic carbocycles. The Hall–Kier alpha value is -2.37. The second-order valence-corrected chi connectivity index (χ2v) is 6.61. The highest BCUT2D eigenvalue weighted by Gasteiger charge is 2.42. The van der Waals surface area contributed by atoms with E-state index in [4.69, 9.17) is 4.74 Å². The van der Waals surface area contributed by atoms with Crippen LogP contribution in [0.3, 0.4) is 0 Å². The fraction of sp³-hybridized carbons (Fsp3) is 0.381. The summed E-state index contributed by atoms with van der Waals surface area (Å²) in [4.78, 5) is 12.7. The Morgan fingerprint density at radius 3 is 2.62 bits per heavy atom. The average Bonchev–Trinajstić information content (AvgIpc) is 2.66. The van der Waals surface area contributed by atoms with Gasteiger partial charge in [0.25, 0.3) is 0 Å². The summed E-state index contributed by atoms with van der Waals surface area (Å²) in [6.07, 6.45) is 0.233. The van der Waals surface area contributed by atoms with Crippen LogP contribution in [0.25, 0.3) is 0 Å². The number of carbonyl (C=O) groups is 1. The Morgan fingerprint density at radius 2 is 1.96 bits per heavy atom. The minimum absolute atomic E-state index is 0.0982. The van der Waals surface area contributed by atoms with Crippen LogP contribution in [0.15, 0.2) is 54.6 Å². The minimum atomic E-state index is -0.755. The maximum atomic E-state index is 12.7. The van der Waals surface area contributed by atoms with Crippen molar-refractivity contribution in [3.05, 3.63) is 65.7 Å². The van der Waals surface area contributed by atoms with Gasteiger partial charge in [0.05, 0.1) is 24.7 Å². The van der Waals surface area contributed by atoms with Gasteiger partial charge in [0.1, 0.15) is 5.75 Å². The van der Waals surface area contributed by atoms with Crippen LogP contribution in [0, 0.1) is 0 Å². The van der Waals surface area contributed by atoms with E-state index in [2.05, 4.69) is 10.6 Å². The normalized spacial score (nSPS) is 22.6. The predicted octanol–water partition coefficient (Wildman–Crippen LogP) is 1.99. The van der Waals surface area contributed by atoms with E-state index in [-0.39, 0.29) is 12.3 Å². The summed E-state index contributed by atoms with van der Waals surface area (Å²) in [7, 11) is 0. The lowest BCUT2D eigenvalue weighted by Crippen LogP contribution is -2.61. The number of hydrogen-bond donors (Lipinski definition) is 3. The van der Waals surface area contributed by atoms with Gasteiger partial charge < -0.3 is 20.5 Å². The van der Waals surface area contributed by atoms with Crippen molar-refractivity contribution in [2.45, 2.75) is 31.4 Å². The highest BCUT2D eigenvalue weighted by molar-refractivity contribution is 5.79. The lowest BCUT2D eigenvalue weighted by atomic mass is 9.79. The molecule has 1 aliphatic heterocycles. The van der Waals surface area contributed by atoms with Crippen LogP contribution in [-0.2, 0) is 16.8 Å². The Balaban J connectivity index is 1.75. The van der Waals surface area contributed by atoms with Gasteiger partial charge in [-0.2, -0.15) is 0 Å². The molecule has 2 atom stereocenters. The minimum Gasteiger partial charge on any atom is -0.494 e. The molecule has 5 heteroatoms. The fourth-order valence-electron chi connectivity index (χ4n) is 3.50. The monoisotopic (exact) mass is 354 g/mol. The number of rotatable bonds is 6. The predicted molar refractivity (Wildman–Crippen MR) is 101 cm³/mol. The molecule has 0 unspecified atom stereocenters. The van der Waals surface area contributed by atoms with Crippen LogP contribution in [-0.4, -0.2) is 36.8 Å². The van der Waals surface area contributed by atoms with E-state index >= 15 is 0 Å². The molecule has 1 aliphatic rings. The van der Waals surface area contributed by atoms with E-state index in [1.807, 2.05) is 61.5 Å². The number of piperidine rings is 1. The number of benzene rings is 2. The molecule has 2 aromatic rings. The van der Waals surface area contributed by atoms with Gasteiger partial charge in [-0.25, -0.2) is 0 Å². The first-order chi connectivity index (χ1) is 12.6. The van der Waals surface area contributed by atoms with E-state index in [0.717, 1.165) is 23.4 Å². The summed E-state index contributed by atoms with van der Waals surface area (Å²) in [6.45, 7) is 3.76. The molecule has 0 radical (unpaired) electrons. The topological polar surface area (TPSA) is 70.6 Å². The van der Waals surface area contributed by atoms with Gasteiger partial charge in [-0.05, 0) is 43.1 Å². The van der Waals surface area contributed by atoms with E-state index in [9.17, 15) is 9.90 Å². The van der Waals surface area contributed by atoms with Crippen molar-refractivity contribution in [1.29, 1.82) is 0 Å². The van der Waals surface area contributed by atoms with E-state index in [1.54, 1.807) is 0 Å². The van der Waals surface area contributed by atoms with Gasteiger partial charge >= 0.3 is 0 Å². The van der Waals surface area contributed by atoms with Gasteiger partial charge in [0.15, 0.2) is 0 Å². The van der Waals surface area contributed by atoms with Crippen molar-refractivity contribution in [3.63, 3.8) is 0 Å². The molecule has 1 heterocycles. The van der Waals surface area contributed by atoms with E-state index in [0.29, 0.717) is 19.6 Å². The van der Waals surface area contributed by atoms with Gasteiger partial charge in [-0.3, -0.25) is 4.79 Å². The zero-order valence-corrected chi connectivity index (χ0v) is 15.1. The largest absolute Gasteiger partial charge is 0.494 e. The number of ether oxygens (including phenoxy) is 1. The molecular weight excluding hydrogens is 328 g/mol. The summed E-state index contributed by atoms with van der Waals surface area (Å²) in [5.74, 6) is 0.699. The average molecular weight is 354 g/mol. The highest BCUT2D eigenvalue weighted by atomic mass is 16.5. The molecule has 3 N–H and O–H groups in total. The molecule has 1 amide bonds. The van der Waals surface area contributed by atoms with Crippen molar-refractivity contribution in [2.24, 2.45) is 0 Å². The van der Waals surface area contributed by atoms with Crippen LogP contribution >= 0.6 is 0 Å². The molecule has 0 spiro atoms. The highest BCUT2D eigenvalue weighted by Crippen LogP contribution is 2.31. The molecule has 1 saturated heterocycles. The first-order valence-corrected chi connectivity index (χ1v) is 9.11. The summed E-state index contributed by atoms with van der Waals surface area (Å²) >= 11 is 0. The summed E-state index contributed by atoms with van der Waals surface area (Å²) < 4.78 is 5.43. The Bertz CT molecular complexity index is 718. The van der Waals surface area contributed by atoms with E-state index in [1.165, 1.54) is 0 Å². The van der Waals surface area contributed by atoms with Gasteiger partial charge in [0, 0.05) is 6.54 Å². The Kier molecular flexibility index (Phi) is 5.91. The first kappa shape index (κ1) is 18.4. The van der Waals surface area contributed by atoms with Crippen molar-refractivity contribution >= 4 is 5.91 Å². The molecular formula is C21H26N2O3. The molecule has 2 aromatic carbocycles. The first-order valence-electron chi connectivity index (χ1n) is 9.11. The SMILES string of the molecule is CCOc1ccc(CC(=O)N[C@]2(c3ccccc3)CCNC[C@H]2O)cc1. The molecule has 5 nitrogen and oxygen atoms in total. The maximum absolute atomic E-state index is 12.7. The van der Waals surface area contributed by atoms with Crippen LogP contribution in [0.2, 0.25) is 0 Å². The van der Waals surface area contributed by atoms with Gasteiger partial charge in [0.2, 0.25) is 5.91 Å². The third kappa shape index (κ3) is 4.06. The van der Waals surface area contributed by atoms with Crippen molar-refractivity contribution in [3.8, 4) is 5.75 Å². The molecule has 0 saturated carbocycles. The number of aliphatic hydroxyl groups is 1. The zero-order chi connectivity index (χ0) is 18.4. The lowest BCUT2D eigenvalue weighted by molar-refractivity contribution is -0.125. The van der Waals surface area contributed by atoms with Crippen LogP contribution in [0.1, 0.15) is 24.5 Å². The summed E-state index contributed by atoms with van der Waals surface area (Å²) in [6, 6.07) is 17.3. The number of hydrogen-bond acceptors (Lipinski definition) is 4. The van der Waals surface area contributed by atoms with E-state index < -0.39 is 11.6 Å². The molecule has 3 rings (SSSR count). The molecule has 138 valence electrons. The number of amides is 1. The molecule has 26 heavy (non-hydrogen) atoms. The van der Waals surface area contributed by atoms with Crippen LogP contribution in [0.5, 0.6) is 5.75 Å². The van der Waals surface area contributed by atoms with Crippen molar-refractivity contribution < 1.29 is 14.6 Å². The Labute approximate surface area is 154 Å². The lowest BCUT2D eigenvalue weighted by Gasteiger charge is -2.43. The second-order valence-electron chi connectivity index (χ2n) is 6.61. The summed E-state index contributed by atoms with van der Waals surface area (Å²) in [5, 5.41) is 17.0. The molecule has 0 bridgehead atoms. The Morgan fingerprint density at radius 1 is 1.23 bits per heavy atom. The number of aliphatic hydroxyl groups excluding tert-OH is 1. The third-order valence-electron chi connectivity index (χ3n) is 4.85.